The van der Waals surface area contributed by atoms with Gasteiger partial charge in [0, 0.05) is 16.8 Å². The van der Waals surface area contributed by atoms with Gasteiger partial charge in [0.1, 0.15) is 0 Å². The number of aryl methyl sites for hydroxylation is 2. The van der Waals surface area contributed by atoms with Crippen molar-refractivity contribution in [2.75, 3.05) is 5.32 Å². The van der Waals surface area contributed by atoms with Crippen LogP contribution in [0.25, 0.3) is 44.5 Å². The molecule has 7 aromatic carbocycles. The molecule has 0 aliphatic heterocycles. The molecule has 0 amide bonds. The van der Waals surface area contributed by atoms with Crippen LogP contribution in [0.5, 0.6) is 0 Å². The van der Waals surface area contributed by atoms with Crippen LogP contribution in [-0.2, 0) is 18.3 Å². The van der Waals surface area contributed by atoms with Crippen LogP contribution in [0, 0.1) is 0 Å². The second-order valence-electron chi connectivity index (χ2n) is 13.8. The lowest BCUT2D eigenvalue weighted by atomic mass is 9.81. The van der Waals surface area contributed by atoms with E-state index in [9.17, 15) is 0 Å². The van der Waals surface area contributed by atoms with E-state index in [0.29, 0.717) is 0 Å². The smallest absolute Gasteiger partial charge is 0.0387 e. The van der Waals surface area contributed by atoms with Crippen LogP contribution in [0.15, 0.2) is 170 Å². The summed E-state index contributed by atoms with van der Waals surface area (Å²) in [6, 6.07) is 61.8. The van der Waals surface area contributed by atoms with E-state index in [2.05, 4.69) is 189 Å². The number of hydrogen-bond acceptors (Lipinski definition) is 1. The molecule has 0 fully saturated rings. The number of nitrogens with one attached hydrogen (secondary N) is 1. The molecule has 0 unspecified atom stereocenters. The quantitative estimate of drug-likeness (QED) is 0.167. The monoisotopic (exact) mass is 631 g/mol. The van der Waals surface area contributed by atoms with Crippen molar-refractivity contribution in [3.8, 4) is 44.5 Å². The van der Waals surface area contributed by atoms with E-state index < -0.39 is 0 Å². The minimum absolute atomic E-state index is 0.0542. The molecule has 0 saturated carbocycles. The Bertz CT molecular complexity index is 2190. The molecule has 1 N–H and O–H groups in total. The third-order valence-corrected chi connectivity index (χ3v) is 10.2. The lowest BCUT2D eigenvalue weighted by Gasteiger charge is -2.23. The van der Waals surface area contributed by atoms with Gasteiger partial charge in [-0.05, 0) is 110 Å². The van der Waals surface area contributed by atoms with Gasteiger partial charge >= 0.3 is 0 Å². The molecule has 0 spiro atoms. The van der Waals surface area contributed by atoms with Crippen LogP contribution >= 0.6 is 0 Å². The van der Waals surface area contributed by atoms with Crippen molar-refractivity contribution in [1.29, 1.82) is 0 Å². The number of rotatable bonds is 9. The van der Waals surface area contributed by atoms with Crippen molar-refractivity contribution in [3.05, 3.63) is 192 Å². The average molecular weight is 632 g/mol. The second-order valence-corrected chi connectivity index (χ2v) is 13.8. The van der Waals surface area contributed by atoms with Crippen LogP contribution in [0.1, 0.15) is 42.5 Å². The van der Waals surface area contributed by atoms with Gasteiger partial charge in [0.15, 0.2) is 0 Å². The first-order valence-electron chi connectivity index (χ1n) is 17.5. The molecule has 8 rings (SSSR count). The van der Waals surface area contributed by atoms with Gasteiger partial charge < -0.3 is 5.32 Å². The van der Waals surface area contributed by atoms with Gasteiger partial charge in [-0.1, -0.05) is 159 Å². The van der Waals surface area contributed by atoms with Crippen molar-refractivity contribution in [3.63, 3.8) is 0 Å². The highest BCUT2D eigenvalue weighted by molar-refractivity contribution is 5.83. The fourth-order valence-corrected chi connectivity index (χ4v) is 7.41. The third kappa shape index (κ3) is 6.33. The van der Waals surface area contributed by atoms with Crippen molar-refractivity contribution >= 4 is 11.4 Å². The van der Waals surface area contributed by atoms with E-state index in [-0.39, 0.29) is 5.41 Å². The molecule has 0 bridgehead atoms. The van der Waals surface area contributed by atoms with Crippen LogP contribution in [0.3, 0.4) is 0 Å². The highest BCUT2D eigenvalue weighted by atomic mass is 14.9. The van der Waals surface area contributed by atoms with Gasteiger partial charge in [0.2, 0.25) is 0 Å². The lowest BCUT2D eigenvalue weighted by molar-refractivity contribution is 0.658. The topological polar surface area (TPSA) is 12.0 Å². The van der Waals surface area contributed by atoms with Crippen LogP contribution in [0.2, 0.25) is 0 Å². The summed E-state index contributed by atoms with van der Waals surface area (Å²) in [7, 11) is 0. The van der Waals surface area contributed by atoms with E-state index in [1.807, 2.05) is 0 Å². The molecular weight excluding hydrogens is 591 g/mol. The van der Waals surface area contributed by atoms with Gasteiger partial charge in [-0.2, -0.15) is 0 Å². The van der Waals surface area contributed by atoms with E-state index in [1.165, 1.54) is 66.8 Å². The van der Waals surface area contributed by atoms with Crippen molar-refractivity contribution in [1.82, 2.24) is 0 Å². The summed E-state index contributed by atoms with van der Waals surface area (Å²) in [5.41, 5.74) is 18.0. The highest BCUT2D eigenvalue weighted by Gasteiger charge is 2.35. The Morgan fingerprint density at radius 2 is 0.796 bits per heavy atom. The van der Waals surface area contributed by atoms with Crippen LogP contribution < -0.4 is 5.32 Å². The Labute approximate surface area is 291 Å². The molecule has 1 aliphatic rings. The van der Waals surface area contributed by atoms with E-state index in [1.54, 1.807) is 0 Å². The second kappa shape index (κ2) is 13.1. The molecule has 1 nitrogen and oxygen atoms in total. The first-order valence-corrected chi connectivity index (χ1v) is 17.5. The molecule has 7 aromatic rings. The van der Waals surface area contributed by atoms with Gasteiger partial charge in [-0.15, -0.1) is 0 Å². The number of anilines is 2. The maximum atomic E-state index is 3.67. The normalized spacial score (nSPS) is 12.7. The van der Waals surface area contributed by atoms with Gasteiger partial charge in [0.05, 0.1) is 0 Å². The number of benzene rings is 7. The molecule has 0 radical (unpaired) electrons. The summed E-state index contributed by atoms with van der Waals surface area (Å²) in [5, 5.41) is 3.67. The molecule has 0 heterocycles. The summed E-state index contributed by atoms with van der Waals surface area (Å²) >= 11 is 0. The fourth-order valence-electron chi connectivity index (χ4n) is 7.41. The van der Waals surface area contributed by atoms with Crippen molar-refractivity contribution in [2.24, 2.45) is 0 Å². The molecular formula is C48H41N. The summed E-state index contributed by atoms with van der Waals surface area (Å²) in [5.74, 6) is 0. The zero-order valence-corrected chi connectivity index (χ0v) is 28.3. The third-order valence-electron chi connectivity index (χ3n) is 10.2. The van der Waals surface area contributed by atoms with Crippen LogP contribution in [-0.4, -0.2) is 0 Å². The Kier molecular flexibility index (Phi) is 8.19. The Morgan fingerprint density at radius 1 is 0.388 bits per heavy atom. The first kappa shape index (κ1) is 30.7. The zero-order chi connectivity index (χ0) is 33.2. The minimum atomic E-state index is -0.0542. The SMILES string of the molecule is CC1(C)c2cc(CCCc3ccc(-c4ccccc4)cc3)ccc2-c2ccc(Nc3ccc(-c4ccc(-c5ccccc5)cc4)cc3)cc21. The standard InChI is InChI=1S/C48H41N/c1-48(2)46-32-35(11-9-10-34-16-19-38(20-17-34)36-12-5-3-6-13-36)18-30-44(46)45-31-29-43(33-47(45)48)49-42-27-25-41(26-28-42)40-23-21-39(22-24-40)37-14-7-4-8-15-37/h3-8,12-33,49H,9-11H2,1-2H3. The molecule has 0 aromatic heterocycles. The van der Waals surface area contributed by atoms with Gasteiger partial charge in [-0.3, -0.25) is 0 Å². The maximum Gasteiger partial charge on any atom is 0.0387 e. The summed E-state index contributed by atoms with van der Waals surface area (Å²) < 4.78 is 0. The largest absolute Gasteiger partial charge is 0.356 e. The minimum Gasteiger partial charge on any atom is -0.356 e. The summed E-state index contributed by atoms with van der Waals surface area (Å²) in [4.78, 5) is 0. The maximum absolute atomic E-state index is 3.67. The molecule has 1 heteroatoms. The molecule has 0 saturated heterocycles. The number of hydrogen-bond donors (Lipinski definition) is 1. The molecule has 238 valence electrons. The molecule has 1 aliphatic carbocycles. The molecule has 0 atom stereocenters. The van der Waals surface area contributed by atoms with E-state index >= 15 is 0 Å². The predicted octanol–water partition coefficient (Wildman–Crippen LogP) is 12.9. The predicted molar refractivity (Wildman–Crippen MR) is 209 cm³/mol. The summed E-state index contributed by atoms with van der Waals surface area (Å²) in [6.45, 7) is 4.74. The van der Waals surface area contributed by atoms with Gasteiger partial charge in [-0.25, -0.2) is 0 Å². The first-order chi connectivity index (χ1) is 24.0. The van der Waals surface area contributed by atoms with E-state index in [4.69, 9.17) is 0 Å². The zero-order valence-electron chi connectivity index (χ0n) is 28.3. The lowest BCUT2D eigenvalue weighted by Crippen LogP contribution is -2.15. The highest BCUT2D eigenvalue weighted by Crippen LogP contribution is 2.50. The number of fused-ring (bicyclic) bond motifs is 3. The Hall–Kier alpha value is -5.66. The van der Waals surface area contributed by atoms with E-state index in [0.717, 1.165) is 30.6 Å². The Morgan fingerprint density at radius 3 is 1.37 bits per heavy atom. The Balaban J connectivity index is 0.918. The fraction of sp³-hybridized carbons (Fsp3) is 0.125. The van der Waals surface area contributed by atoms with Crippen molar-refractivity contribution in [2.45, 2.75) is 38.5 Å². The van der Waals surface area contributed by atoms with Crippen molar-refractivity contribution < 1.29 is 0 Å². The average Bonchev–Trinajstić information content (AvgIpc) is 3.38. The molecule has 49 heavy (non-hydrogen) atoms. The van der Waals surface area contributed by atoms with Crippen LogP contribution in [0.4, 0.5) is 11.4 Å². The summed E-state index contributed by atoms with van der Waals surface area (Å²) in [6.07, 6.45) is 3.31. The van der Waals surface area contributed by atoms with Gasteiger partial charge in [0.25, 0.3) is 0 Å².